The molecule has 1 amide bonds. The molecule has 1 aliphatic rings. The van der Waals surface area contributed by atoms with Crippen LogP contribution in [0.5, 0.6) is 0 Å². The Morgan fingerprint density at radius 2 is 2.32 bits per heavy atom. The monoisotopic (exact) mass is 300 g/mol. The van der Waals surface area contributed by atoms with Crippen molar-refractivity contribution in [2.75, 3.05) is 6.54 Å². The zero-order valence-corrected chi connectivity index (χ0v) is 12.6. The first-order valence-electron chi connectivity index (χ1n) is 7.61. The van der Waals surface area contributed by atoms with Crippen molar-refractivity contribution in [2.24, 2.45) is 0 Å². The number of aryl methyl sites for hydroxylation is 1. The van der Waals surface area contributed by atoms with Crippen LogP contribution in [0.1, 0.15) is 47.3 Å². The average Bonchev–Trinajstić information content (AvgIpc) is 3.18. The highest BCUT2D eigenvalue weighted by Crippen LogP contribution is 2.28. The van der Waals surface area contributed by atoms with Crippen LogP contribution >= 0.6 is 0 Å². The topological polar surface area (TPSA) is 66.6 Å². The van der Waals surface area contributed by atoms with Crippen LogP contribution in [0.4, 0.5) is 0 Å². The van der Waals surface area contributed by atoms with E-state index in [1.807, 2.05) is 24.0 Å². The minimum absolute atomic E-state index is 0.0231. The predicted molar refractivity (Wildman–Crippen MR) is 81.3 cm³/mol. The lowest BCUT2D eigenvalue weighted by Gasteiger charge is -2.26. The van der Waals surface area contributed by atoms with Crippen LogP contribution in [0.3, 0.4) is 0 Å². The van der Waals surface area contributed by atoms with E-state index in [1.54, 1.807) is 24.5 Å². The van der Waals surface area contributed by atoms with Crippen molar-refractivity contribution in [1.82, 2.24) is 9.88 Å². The molecule has 0 saturated carbocycles. The van der Waals surface area contributed by atoms with Crippen molar-refractivity contribution in [1.29, 1.82) is 0 Å². The minimum atomic E-state index is -0.682. The van der Waals surface area contributed by atoms with Gasteiger partial charge >= 0.3 is 0 Å². The van der Waals surface area contributed by atoms with Crippen molar-refractivity contribution in [3.63, 3.8) is 0 Å². The van der Waals surface area contributed by atoms with Gasteiger partial charge < -0.3 is 14.4 Å². The predicted octanol–water partition coefficient (Wildman–Crippen LogP) is 2.71. The van der Waals surface area contributed by atoms with Gasteiger partial charge in [-0.2, -0.15) is 0 Å². The van der Waals surface area contributed by atoms with Gasteiger partial charge in [0.1, 0.15) is 17.6 Å². The maximum atomic E-state index is 12.6. The molecule has 0 aliphatic carbocycles. The molecule has 2 aromatic rings. The van der Waals surface area contributed by atoms with Gasteiger partial charge in [-0.05, 0) is 44.0 Å². The molecular weight excluding hydrogens is 280 g/mol. The van der Waals surface area contributed by atoms with Crippen LogP contribution in [-0.2, 0) is 0 Å². The Bertz CT molecular complexity index is 639. The molecule has 3 rings (SSSR count). The maximum absolute atomic E-state index is 12.6. The third-order valence-electron chi connectivity index (χ3n) is 4.11. The number of aliphatic hydroxyl groups is 1. The molecule has 1 N–H and O–H groups in total. The first kappa shape index (κ1) is 14.8. The van der Waals surface area contributed by atoms with Gasteiger partial charge in [0.25, 0.3) is 5.91 Å². The summed E-state index contributed by atoms with van der Waals surface area (Å²) >= 11 is 0. The van der Waals surface area contributed by atoms with Gasteiger partial charge in [0.05, 0.1) is 6.26 Å². The fourth-order valence-electron chi connectivity index (χ4n) is 3.01. The quantitative estimate of drug-likeness (QED) is 0.942. The molecule has 3 heterocycles. The molecule has 1 aliphatic heterocycles. The zero-order valence-electron chi connectivity index (χ0n) is 12.6. The van der Waals surface area contributed by atoms with Gasteiger partial charge in [-0.15, -0.1) is 0 Å². The Labute approximate surface area is 129 Å². The Kier molecular flexibility index (Phi) is 4.24. The number of aliphatic hydroxyl groups excluding tert-OH is 1. The summed E-state index contributed by atoms with van der Waals surface area (Å²) in [5.41, 5.74) is 1.30. The maximum Gasteiger partial charge on any atom is 0.272 e. The third-order valence-corrected chi connectivity index (χ3v) is 4.11. The van der Waals surface area contributed by atoms with E-state index in [4.69, 9.17) is 4.42 Å². The van der Waals surface area contributed by atoms with E-state index in [-0.39, 0.29) is 11.9 Å². The molecule has 2 atom stereocenters. The molecular formula is C17H20N2O3. The number of nitrogens with zero attached hydrogens (tertiary/aromatic N) is 2. The number of amides is 1. The van der Waals surface area contributed by atoms with Crippen LogP contribution in [0, 0.1) is 6.92 Å². The van der Waals surface area contributed by atoms with E-state index in [9.17, 15) is 9.90 Å². The van der Waals surface area contributed by atoms with Crippen LogP contribution in [0.15, 0.2) is 41.0 Å². The first-order valence-corrected chi connectivity index (χ1v) is 7.61. The Morgan fingerprint density at radius 3 is 3.05 bits per heavy atom. The molecule has 5 heteroatoms. The smallest absolute Gasteiger partial charge is 0.272 e. The zero-order chi connectivity index (χ0) is 15.5. The van der Waals surface area contributed by atoms with Crippen molar-refractivity contribution in [3.8, 4) is 0 Å². The number of hydrogen-bond acceptors (Lipinski definition) is 4. The largest absolute Gasteiger partial charge is 0.467 e. The normalized spacial score (nSPS) is 19.4. The molecule has 2 unspecified atom stereocenters. The highest BCUT2D eigenvalue weighted by molar-refractivity contribution is 5.92. The molecule has 22 heavy (non-hydrogen) atoms. The summed E-state index contributed by atoms with van der Waals surface area (Å²) in [6.45, 7) is 2.59. The number of likely N-dealkylation sites (tertiary alicyclic amines) is 1. The molecule has 5 nitrogen and oxygen atoms in total. The molecule has 0 radical (unpaired) electrons. The fraction of sp³-hybridized carbons (Fsp3) is 0.412. The van der Waals surface area contributed by atoms with E-state index >= 15 is 0 Å². The summed E-state index contributed by atoms with van der Waals surface area (Å²) in [5.74, 6) is 0.492. The SMILES string of the molecule is Cc1cccc(C(=O)N2CCCC2CC(O)c2ccco2)n1. The van der Waals surface area contributed by atoms with Gasteiger partial charge in [-0.1, -0.05) is 6.07 Å². The lowest BCUT2D eigenvalue weighted by atomic mass is 10.0. The van der Waals surface area contributed by atoms with Crippen LogP contribution in [-0.4, -0.2) is 33.5 Å². The van der Waals surface area contributed by atoms with Crippen LogP contribution < -0.4 is 0 Å². The average molecular weight is 300 g/mol. The van der Waals surface area contributed by atoms with Crippen molar-refractivity contribution >= 4 is 5.91 Å². The van der Waals surface area contributed by atoms with E-state index in [1.165, 1.54) is 0 Å². The molecule has 2 aromatic heterocycles. The van der Waals surface area contributed by atoms with Gasteiger partial charge in [-0.3, -0.25) is 4.79 Å². The minimum Gasteiger partial charge on any atom is -0.467 e. The number of aromatic nitrogens is 1. The van der Waals surface area contributed by atoms with E-state index in [0.717, 1.165) is 18.5 Å². The second kappa shape index (κ2) is 6.32. The second-order valence-corrected chi connectivity index (χ2v) is 5.73. The highest BCUT2D eigenvalue weighted by atomic mass is 16.4. The fourth-order valence-corrected chi connectivity index (χ4v) is 3.01. The molecule has 0 bridgehead atoms. The van der Waals surface area contributed by atoms with E-state index in [0.29, 0.717) is 24.4 Å². The van der Waals surface area contributed by atoms with E-state index < -0.39 is 6.10 Å². The number of carbonyl (C=O) groups excluding carboxylic acids is 1. The van der Waals surface area contributed by atoms with Crippen molar-refractivity contribution in [3.05, 3.63) is 53.7 Å². The summed E-state index contributed by atoms with van der Waals surface area (Å²) in [7, 11) is 0. The molecule has 1 fully saturated rings. The number of hydrogen-bond donors (Lipinski definition) is 1. The Hall–Kier alpha value is -2.14. The van der Waals surface area contributed by atoms with Gasteiger partial charge in [0, 0.05) is 24.7 Å². The van der Waals surface area contributed by atoms with Crippen molar-refractivity contribution < 1.29 is 14.3 Å². The van der Waals surface area contributed by atoms with Gasteiger partial charge in [0.15, 0.2) is 0 Å². The van der Waals surface area contributed by atoms with E-state index in [2.05, 4.69) is 4.98 Å². The summed E-state index contributed by atoms with van der Waals surface area (Å²) in [6, 6.07) is 9.00. The van der Waals surface area contributed by atoms with Crippen LogP contribution in [0.25, 0.3) is 0 Å². The summed E-state index contributed by atoms with van der Waals surface area (Å²) in [5, 5.41) is 10.2. The van der Waals surface area contributed by atoms with Gasteiger partial charge in [0.2, 0.25) is 0 Å². The van der Waals surface area contributed by atoms with Crippen molar-refractivity contribution in [2.45, 2.75) is 38.3 Å². The number of carbonyl (C=O) groups is 1. The molecule has 0 aromatic carbocycles. The Balaban J connectivity index is 1.71. The summed E-state index contributed by atoms with van der Waals surface area (Å²) in [4.78, 5) is 18.8. The number of furan rings is 1. The second-order valence-electron chi connectivity index (χ2n) is 5.73. The van der Waals surface area contributed by atoms with Crippen LogP contribution in [0.2, 0.25) is 0 Å². The lowest BCUT2D eigenvalue weighted by Crippen LogP contribution is -2.37. The first-order chi connectivity index (χ1) is 10.6. The third kappa shape index (κ3) is 3.04. The molecule has 1 saturated heterocycles. The Morgan fingerprint density at radius 1 is 1.45 bits per heavy atom. The van der Waals surface area contributed by atoms with Gasteiger partial charge in [-0.25, -0.2) is 4.98 Å². The standard InChI is InChI=1S/C17H20N2O3/c1-12-5-2-7-14(18-12)17(21)19-9-3-6-13(19)11-15(20)16-8-4-10-22-16/h2,4-5,7-8,10,13,15,20H,3,6,9,11H2,1H3. The summed E-state index contributed by atoms with van der Waals surface area (Å²) < 4.78 is 5.24. The number of pyridine rings is 1. The summed E-state index contributed by atoms with van der Waals surface area (Å²) in [6.07, 6.45) is 3.21. The number of rotatable bonds is 4. The molecule has 0 spiro atoms. The highest BCUT2D eigenvalue weighted by Gasteiger charge is 2.32. The molecule has 116 valence electrons. The lowest BCUT2D eigenvalue weighted by molar-refractivity contribution is 0.0636.